The van der Waals surface area contributed by atoms with Crippen molar-refractivity contribution in [1.29, 1.82) is 0 Å². The number of amides is 1. The minimum atomic E-state index is -0.287. The van der Waals surface area contributed by atoms with E-state index in [-0.39, 0.29) is 11.3 Å². The Morgan fingerprint density at radius 3 is 2.23 bits per heavy atom. The van der Waals surface area contributed by atoms with Crippen LogP contribution in [0.5, 0.6) is 0 Å². The molecule has 0 unspecified atom stereocenters. The number of hydrogen-bond acceptors (Lipinski definition) is 2. The molecule has 0 saturated heterocycles. The molecule has 0 fully saturated rings. The molecule has 0 aromatic carbocycles. The number of nitrogens with zero attached hydrogens (tertiary/aromatic N) is 1. The number of carbonyl (C=O) groups excluding carboxylic acids is 1. The third-order valence-electron chi connectivity index (χ3n) is 1.63. The van der Waals surface area contributed by atoms with Crippen LogP contribution in [-0.2, 0) is 4.79 Å². The number of carbonyl (C=O) groups is 1. The van der Waals surface area contributed by atoms with Gasteiger partial charge in [0.2, 0.25) is 5.91 Å². The summed E-state index contributed by atoms with van der Waals surface area (Å²) in [6.45, 7) is 6.58. The Bertz CT molecular complexity index is 203. The summed E-state index contributed by atoms with van der Waals surface area (Å²) in [7, 11) is 0. The van der Waals surface area contributed by atoms with Crippen LogP contribution in [0.2, 0.25) is 0 Å². The molecule has 4 nitrogen and oxygen atoms in total. The Morgan fingerprint density at radius 2 is 1.85 bits per heavy atom. The predicted molar refractivity (Wildman–Crippen MR) is 54.4 cm³/mol. The van der Waals surface area contributed by atoms with E-state index in [9.17, 15) is 4.79 Å². The first-order valence-electron chi connectivity index (χ1n) is 4.42. The van der Waals surface area contributed by atoms with E-state index in [1.807, 2.05) is 20.8 Å². The SMILES string of the molecule is CC(C)(C)C(N)=NCCCC(N)=O. The van der Waals surface area contributed by atoms with Gasteiger partial charge in [-0.1, -0.05) is 20.8 Å². The van der Waals surface area contributed by atoms with Crippen molar-refractivity contribution < 1.29 is 4.79 Å². The van der Waals surface area contributed by atoms with Gasteiger partial charge in [0.05, 0.1) is 5.84 Å². The lowest BCUT2D eigenvalue weighted by Gasteiger charge is -2.17. The lowest BCUT2D eigenvalue weighted by molar-refractivity contribution is -0.118. The van der Waals surface area contributed by atoms with E-state index in [1.165, 1.54) is 0 Å². The fourth-order valence-corrected chi connectivity index (χ4v) is 0.690. The van der Waals surface area contributed by atoms with Crippen LogP contribution in [0.1, 0.15) is 33.6 Å². The van der Waals surface area contributed by atoms with Gasteiger partial charge in [-0.15, -0.1) is 0 Å². The van der Waals surface area contributed by atoms with Crippen LogP contribution in [0.3, 0.4) is 0 Å². The molecule has 0 aromatic rings. The Kier molecular flexibility index (Phi) is 4.45. The van der Waals surface area contributed by atoms with Crippen molar-refractivity contribution in [3.05, 3.63) is 0 Å². The van der Waals surface area contributed by atoms with Gasteiger partial charge >= 0.3 is 0 Å². The molecule has 0 aliphatic carbocycles. The van der Waals surface area contributed by atoms with Crippen LogP contribution in [-0.4, -0.2) is 18.3 Å². The van der Waals surface area contributed by atoms with E-state index >= 15 is 0 Å². The molecule has 0 rings (SSSR count). The molecule has 0 bridgehead atoms. The second-order valence-corrected chi connectivity index (χ2v) is 4.09. The summed E-state index contributed by atoms with van der Waals surface area (Å²) in [6, 6.07) is 0. The van der Waals surface area contributed by atoms with E-state index in [0.29, 0.717) is 25.2 Å². The van der Waals surface area contributed by atoms with E-state index in [2.05, 4.69) is 4.99 Å². The minimum Gasteiger partial charge on any atom is -0.387 e. The van der Waals surface area contributed by atoms with Gasteiger partial charge in [-0.05, 0) is 6.42 Å². The van der Waals surface area contributed by atoms with Crippen molar-refractivity contribution in [2.24, 2.45) is 21.9 Å². The Morgan fingerprint density at radius 1 is 1.31 bits per heavy atom. The van der Waals surface area contributed by atoms with E-state index in [1.54, 1.807) is 0 Å². The lowest BCUT2D eigenvalue weighted by Crippen LogP contribution is -2.29. The number of rotatable bonds is 4. The quantitative estimate of drug-likeness (QED) is 0.383. The van der Waals surface area contributed by atoms with Crippen molar-refractivity contribution in [1.82, 2.24) is 0 Å². The zero-order valence-electron chi connectivity index (χ0n) is 8.63. The van der Waals surface area contributed by atoms with Crippen molar-refractivity contribution in [3.63, 3.8) is 0 Å². The summed E-state index contributed by atoms with van der Waals surface area (Å²) in [5.74, 6) is 0.335. The van der Waals surface area contributed by atoms with E-state index in [0.717, 1.165) is 0 Å². The predicted octanol–water partition coefficient (Wildman–Crippen LogP) is 0.655. The highest BCUT2D eigenvalue weighted by atomic mass is 16.1. The van der Waals surface area contributed by atoms with Gasteiger partial charge in [0.1, 0.15) is 0 Å². The number of primary amides is 1. The molecule has 0 aromatic heterocycles. The first kappa shape index (κ1) is 11.9. The third-order valence-corrected chi connectivity index (χ3v) is 1.63. The molecule has 0 aliphatic heterocycles. The number of amidine groups is 1. The fourth-order valence-electron chi connectivity index (χ4n) is 0.690. The summed E-state index contributed by atoms with van der Waals surface area (Å²) in [5.41, 5.74) is 10.6. The summed E-state index contributed by atoms with van der Waals surface area (Å²) < 4.78 is 0. The topological polar surface area (TPSA) is 81.5 Å². The maximum absolute atomic E-state index is 10.4. The Hall–Kier alpha value is -1.06. The van der Waals surface area contributed by atoms with Crippen molar-refractivity contribution in [3.8, 4) is 0 Å². The van der Waals surface area contributed by atoms with Gasteiger partial charge in [-0.25, -0.2) is 0 Å². The number of aliphatic imine (C=N–C) groups is 1. The first-order valence-corrected chi connectivity index (χ1v) is 4.42. The maximum atomic E-state index is 10.4. The summed E-state index contributed by atoms with van der Waals surface area (Å²) in [4.78, 5) is 14.5. The first-order chi connectivity index (χ1) is 5.84. The molecule has 1 amide bonds. The van der Waals surface area contributed by atoms with Crippen molar-refractivity contribution in [2.45, 2.75) is 33.6 Å². The molecule has 13 heavy (non-hydrogen) atoms. The molecule has 0 radical (unpaired) electrons. The van der Waals surface area contributed by atoms with Crippen LogP contribution in [0, 0.1) is 5.41 Å². The average Bonchev–Trinajstić information content (AvgIpc) is 1.95. The zero-order valence-corrected chi connectivity index (χ0v) is 8.63. The number of nitrogens with two attached hydrogens (primary N) is 2. The average molecular weight is 185 g/mol. The van der Waals surface area contributed by atoms with Crippen molar-refractivity contribution in [2.75, 3.05) is 6.54 Å². The maximum Gasteiger partial charge on any atom is 0.217 e. The highest BCUT2D eigenvalue weighted by Crippen LogP contribution is 2.12. The molecular weight excluding hydrogens is 166 g/mol. The van der Waals surface area contributed by atoms with Crippen LogP contribution < -0.4 is 11.5 Å². The molecule has 0 saturated carbocycles. The van der Waals surface area contributed by atoms with Crippen molar-refractivity contribution >= 4 is 11.7 Å². The van der Waals surface area contributed by atoms with Crippen LogP contribution in [0.4, 0.5) is 0 Å². The van der Waals surface area contributed by atoms with Gasteiger partial charge in [-0.2, -0.15) is 0 Å². The smallest absolute Gasteiger partial charge is 0.217 e. The second kappa shape index (κ2) is 4.84. The van der Waals surface area contributed by atoms with Gasteiger partial charge < -0.3 is 11.5 Å². The standard InChI is InChI=1S/C9H19N3O/c1-9(2,3)8(11)12-6-4-5-7(10)13/h4-6H2,1-3H3,(H2,10,13)(H2,11,12). The third kappa shape index (κ3) is 6.13. The van der Waals surface area contributed by atoms with Gasteiger partial charge in [-0.3, -0.25) is 9.79 Å². The van der Waals surface area contributed by atoms with Crippen LogP contribution >= 0.6 is 0 Å². The van der Waals surface area contributed by atoms with E-state index in [4.69, 9.17) is 11.5 Å². The molecule has 0 heterocycles. The Labute approximate surface area is 79.4 Å². The zero-order chi connectivity index (χ0) is 10.5. The van der Waals surface area contributed by atoms with Gasteiger partial charge in [0, 0.05) is 18.4 Å². The fraction of sp³-hybridized carbons (Fsp3) is 0.778. The Balaban J connectivity index is 3.79. The van der Waals surface area contributed by atoms with Gasteiger partial charge in [0.25, 0.3) is 0 Å². The molecule has 4 heteroatoms. The van der Waals surface area contributed by atoms with Gasteiger partial charge in [0.15, 0.2) is 0 Å². The monoisotopic (exact) mass is 185 g/mol. The minimum absolute atomic E-state index is 0.0906. The summed E-state index contributed by atoms with van der Waals surface area (Å²) >= 11 is 0. The molecule has 0 atom stereocenters. The molecule has 4 N–H and O–H groups in total. The lowest BCUT2D eigenvalue weighted by atomic mass is 9.95. The summed E-state index contributed by atoms with van der Waals surface area (Å²) in [6.07, 6.45) is 1.05. The molecule has 0 aliphatic rings. The van der Waals surface area contributed by atoms with E-state index < -0.39 is 0 Å². The second-order valence-electron chi connectivity index (χ2n) is 4.09. The van der Waals surface area contributed by atoms with Crippen LogP contribution in [0.25, 0.3) is 0 Å². The van der Waals surface area contributed by atoms with Crippen LogP contribution in [0.15, 0.2) is 4.99 Å². The molecule has 0 spiro atoms. The number of hydrogen-bond donors (Lipinski definition) is 2. The normalized spacial score (nSPS) is 13.0. The highest BCUT2D eigenvalue weighted by molar-refractivity contribution is 5.85. The summed E-state index contributed by atoms with van der Waals surface area (Å²) in [5, 5.41) is 0. The molecular formula is C9H19N3O. The molecule has 76 valence electrons. The highest BCUT2D eigenvalue weighted by Gasteiger charge is 2.14. The largest absolute Gasteiger partial charge is 0.387 e.